The Bertz CT molecular complexity index is 459. The van der Waals surface area contributed by atoms with Crippen molar-refractivity contribution in [3.05, 3.63) is 29.3 Å². The van der Waals surface area contributed by atoms with Crippen molar-refractivity contribution >= 4 is 11.6 Å². The molecule has 0 unspecified atom stereocenters. The highest BCUT2D eigenvalue weighted by atomic mass is 16.3. The van der Waals surface area contributed by atoms with E-state index in [-0.39, 0.29) is 12.0 Å². The third-order valence-corrected chi connectivity index (χ3v) is 3.52. The highest BCUT2D eigenvalue weighted by molar-refractivity contribution is 5.95. The summed E-state index contributed by atoms with van der Waals surface area (Å²) in [4.78, 5) is 13.9. The number of amides is 1. The average molecular weight is 232 g/mol. The van der Waals surface area contributed by atoms with Crippen LogP contribution in [0.5, 0.6) is 0 Å². The summed E-state index contributed by atoms with van der Waals surface area (Å²) in [5.74, 6) is 0.0260. The summed E-state index contributed by atoms with van der Waals surface area (Å²) in [7, 11) is 0. The van der Waals surface area contributed by atoms with E-state index >= 15 is 0 Å². The molecule has 2 heterocycles. The number of nitrogens with one attached hydrogen (secondary N) is 1. The van der Waals surface area contributed by atoms with Crippen LogP contribution in [-0.4, -0.2) is 41.7 Å². The fourth-order valence-corrected chi connectivity index (χ4v) is 2.53. The molecular formula is C13H16N2O2. The van der Waals surface area contributed by atoms with Crippen molar-refractivity contribution < 1.29 is 9.90 Å². The van der Waals surface area contributed by atoms with Gasteiger partial charge in [-0.05, 0) is 30.5 Å². The molecular weight excluding hydrogens is 216 g/mol. The van der Waals surface area contributed by atoms with Crippen LogP contribution in [0.4, 0.5) is 5.69 Å². The molecule has 0 aromatic heterocycles. The number of aliphatic hydroxyl groups is 1. The zero-order valence-electron chi connectivity index (χ0n) is 9.65. The van der Waals surface area contributed by atoms with Gasteiger partial charge >= 0.3 is 0 Å². The highest BCUT2D eigenvalue weighted by Gasteiger charge is 2.26. The highest BCUT2D eigenvalue weighted by Crippen LogP contribution is 2.24. The van der Waals surface area contributed by atoms with Crippen LogP contribution in [0.1, 0.15) is 22.3 Å². The first kappa shape index (κ1) is 10.6. The first-order valence-electron chi connectivity index (χ1n) is 6.08. The molecule has 2 aliphatic rings. The molecule has 1 aromatic carbocycles. The minimum atomic E-state index is -0.355. The third-order valence-electron chi connectivity index (χ3n) is 3.52. The molecule has 4 heteroatoms. The van der Waals surface area contributed by atoms with Gasteiger partial charge in [-0.25, -0.2) is 0 Å². The maximum atomic E-state index is 12.2. The van der Waals surface area contributed by atoms with Crippen LogP contribution in [0, 0.1) is 0 Å². The molecule has 0 spiro atoms. The van der Waals surface area contributed by atoms with Gasteiger partial charge in [-0.1, -0.05) is 6.07 Å². The van der Waals surface area contributed by atoms with E-state index < -0.39 is 0 Å². The minimum absolute atomic E-state index is 0.0260. The maximum absolute atomic E-state index is 12.2. The Morgan fingerprint density at radius 3 is 3.12 bits per heavy atom. The van der Waals surface area contributed by atoms with Crippen LogP contribution in [0.15, 0.2) is 18.2 Å². The van der Waals surface area contributed by atoms with E-state index in [1.165, 1.54) is 5.56 Å². The number of likely N-dealkylation sites (tertiary alicyclic amines) is 1. The Hall–Kier alpha value is -1.55. The van der Waals surface area contributed by atoms with Crippen molar-refractivity contribution in [1.82, 2.24) is 4.90 Å². The van der Waals surface area contributed by atoms with Gasteiger partial charge in [0.1, 0.15) is 0 Å². The quantitative estimate of drug-likeness (QED) is 0.755. The van der Waals surface area contributed by atoms with Crippen molar-refractivity contribution in [1.29, 1.82) is 0 Å². The van der Waals surface area contributed by atoms with E-state index in [2.05, 4.69) is 5.32 Å². The number of hydrogen-bond donors (Lipinski definition) is 2. The van der Waals surface area contributed by atoms with Crippen molar-refractivity contribution in [3.8, 4) is 0 Å². The predicted molar refractivity (Wildman–Crippen MR) is 65.2 cm³/mol. The van der Waals surface area contributed by atoms with Crippen LogP contribution in [0.2, 0.25) is 0 Å². The Morgan fingerprint density at radius 1 is 1.47 bits per heavy atom. The van der Waals surface area contributed by atoms with Gasteiger partial charge in [0.2, 0.25) is 0 Å². The van der Waals surface area contributed by atoms with Crippen LogP contribution in [0.3, 0.4) is 0 Å². The fraction of sp³-hybridized carbons (Fsp3) is 0.462. The molecule has 0 aliphatic carbocycles. The van der Waals surface area contributed by atoms with Crippen molar-refractivity contribution in [3.63, 3.8) is 0 Å². The lowest BCUT2D eigenvalue weighted by molar-refractivity contribution is 0.0765. The third kappa shape index (κ3) is 1.89. The molecule has 17 heavy (non-hydrogen) atoms. The first-order chi connectivity index (χ1) is 8.24. The summed E-state index contributed by atoms with van der Waals surface area (Å²) in [6.45, 7) is 2.07. The molecule has 1 fully saturated rings. The van der Waals surface area contributed by atoms with E-state index in [1.54, 1.807) is 4.90 Å². The molecule has 2 N–H and O–H groups in total. The Kier molecular flexibility index (Phi) is 2.52. The van der Waals surface area contributed by atoms with Crippen LogP contribution in [-0.2, 0) is 6.42 Å². The molecule has 0 saturated carbocycles. The average Bonchev–Trinajstić information content (AvgIpc) is 2.95. The first-order valence-corrected chi connectivity index (χ1v) is 6.08. The van der Waals surface area contributed by atoms with Crippen LogP contribution < -0.4 is 5.32 Å². The number of anilines is 1. The lowest BCUT2D eigenvalue weighted by atomic mass is 10.1. The molecule has 1 saturated heterocycles. The Labute approximate surface area is 100 Å². The Morgan fingerprint density at radius 2 is 2.35 bits per heavy atom. The van der Waals surface area contributed by atoms with Gasteiger partial charge in [-0.2, -0.15) is 0 Å². The zero-order chi connectivity index (χ0) is 11.8. The summed E-state index contributed by atoms with van der Waals surface area (Å²) >= 11 is 0. The molecule has 0 radical (unpaired) electrons. The minimum Gasteiger partial charge on any atom is -0.391 e. The van der Waals surface area contributed by atoms with E-state index in [0.29, 0.717) is 25.1 Å². The normalized spacial score (nSPS) is 22.4. The summed E-state index contributed by atoms with van der Waals surface area (Å²) in [5.41, 5.74) is 3.07. The summed E-state index contributed by atoms with van der Waals surface area (Å²) in [6, 6.07) is 5.84. The van der Waals surface area contributed by atoms with Crippen LogP contribution in [0.25, 0.3) is 0 Å². The standard InChI is InChI=1S/C13H16N2O2/c16-11-4-6-15(8-11)13(17)10-2-1-9-3-5-14-12(9)7-10/h1-2,7,11,14,16H,3-6,8H2/t11-/m1/s1. The van der Waals surface area contributed by atoms with E-state index in [9.17, 15) is 9.90 Å². The van der Waals surface area contributed by atoms with E-state index in [1.807, 2.05) is 18.2 Å². The molecule has 1 aromatic rings. The van der Waals surface area contributed by atoms with E-state index in [0.717, 1.165) is 18.7 Å². The van der Waals surface area contributed by atoms with Crippen LogP contribution >= 0.6 is 0 Å². The van der Waals surface area contributed by atoms with Gasteiger partial charge in [-0.15, -0.1) is 0 Å². The maximum Gasteiger partial charge on any atom is 0.254 e. The Balaban J connectivity index is 1.82. The molecule has 2 aliphatic heterocycles. The number of carbonyl (C=O) groups is 1. The summed E-state index contributed by atoms with van der Waals surface area (Å²) < 4.78 is 0. The lowest BCUT2D eigenvalue weighted by Gasteiger charge is -2.16. The number of hydrogen-bond acceptors (Lipinski definition) is 3. The van der Waals surface area contributed by atoms with Gasteiger partial charge in [0, 0.05) is 30.9 Å². The van der Waals surface area contributed by atoms with Gasteiger partial charge in [0.05, 0.1) is 6.10 Å². The number of benzene rings is 1. The van der Waals surface area contributed by atoms with Gasteiger partial charge in [-0.3, -0.25) is 4.79 Å². The van der Waals surface area contributed by atoms with Crippen molar-refractivity contribution in [2.45, 2.75) is 18.9 Å². The second-order valence-corrected chi connectivity index (χ2v) is 4.74. The molecule has 90 valence electrons. The topological polar surface area (TPSA) is 52.6 Å². The SMILES string of the molecule is O=C(c1ccc2c(c1)NCC2)N1CC[C@@H](O)C1. The summed E-state index contributed by atoms with van der Waals surface area (Å²) in [6.07, 6.45) is 1.37. The second-order valence-electron chi connectivity index (χ2n) is 4.74. The smallest absolute Gasteiger partial charge is 0.254 e. The number of carbonyl (C=O) groups excluding carboxylic acids is 1. The lowest BCUT2D eigenvalue weighted by Crippen LogP contribution is -2.29. The molecule has 1 amide bonds. The predicted octanol–water partition coefficient (Wildman–Crippen LogP) is 0.861. The number of nitrogens with zero attached hydrogens (tertiary/aromatic N) is 1. The van der Waals surface area contributed by atoms with Gasteiger partial charge in [0.25, 0.3) is 5.91 Å². The number of rotatable bonds is 1. The van der Waals surface area contributed by atoms with Gasteiger partial charge in [0.15, 0.2) is 0 Å². The number of aliphatic hydroxyl groups excluding tert-OH is 1. The monoisotopic (exact) mass is 232 g/mol. The van der Waals surface area contributed by atoms with E-state index in [4.69, 9.17) is 0 Å². The largest absolute Gasteiger partial charge is 0.391 e. The molecule has 4 nitrogen and oxygen atoms in total. The fourth-order valence-electron chi connectivity index (χ4n) is 2.53. The number of β-amino-alcohol motifs (C(OH)–C–C–N with tert-alkyl or cyclic N) is 1. The molecule has 0 bridgehead atoms. The number of fused-ring (bicyclic) bond motifs is 1. The van der Waals surface area contributed by atoms with Gasteiger partial charge < -0.3 is 15.3 Å². The molecule has 1 atom stereocenters. The van der Waals surface area contributed by atoms with Crippen molar-refractivity contribution in [2.75, 3.05) is 25.0 Å². The molecule has 3 rings (SSSR count). The van der Waals surface area contributed by atoms with Crippen molar-refractivity contribution in [2.24, 2.45) is 0 Å². The second kappa shape index (κ2) is 4.04. The zero-order valence-corrected chi connectivity index (χ0v) is 9.65. The summed E-state index contributed by atoms with van der Waals surface area (Å²) in [5, 5.41) is 12.7.